The molecule has 0 unspecified atom stereocenters. The van der Waals surface area contributed by atoms with Crippen molar-refractivity contribution in [1.29, 1.82) is 0 Å². The highest BCUT2D eigenvalue weighted by Crippen LogP contribution is 2.15. The van der Waals surface area contributed by atoms with Crippen LogP contribution in [-0.4, -0.2) is 23.4 Å². The van der Waals surface area contributed by atoms with Crippen LogP contribution in [0.25, 0.3) is 0 Å². The number of hydrogen-bond acceptors (Lipinski definition) is 5. The Hall–Kier alpha value is -2.13. The largest absolute Gasteiger partial charge is 0.325 e. The molecule has 0 fully saturated rings. The lowest BCUT2D eigenvalue weighted by molar-refractivity contribution is 0.599. The van der Waals surface area contributed by atoms with Crippen molar-refractivity contribution >= 4 is 27.3 Å². The van der Waals surface area contributed by atoms with Crippen LogP contribution >= 0.6 is 11.6 Å². The van der Waals surface area contributed by atoms with Gasteiger partial charge in [0.15, 0.2) is 4.90 Å². The lowest BCUT2D eigenvalue weighted by Crippen LogP contribution is -2.29. The summed E-state index contributed by atoms with van der Waals surface area (Å²) in [7, 11) is -4.13. The quantitative estimate of drug-likeness (QED) is 0.683. The topological polar surface area (TPSA) is 125 Å². The normalized spacial score (nSPS) is 11.2. The van der Waals surface area contributed by atoms with Gasteiger partial charge in [-0.3, -0.25) is 14.5 Å². The Morgan fingerprint density at radius 2 is 2.05 bits per heavy atom. The second-order valence-corrected chi connectivity index (χ2v) is 5.45. The van der Waals surface area contributed by atoms with Crippen molar-refractivity contribution in [1.82, 2.24) is 15.0 Å². The van der Waals surface area contributed by atoms with Gasteiger partial charge in [-0.05, 0) is 12.1 Å². The molecule has 0 aliphatic rings. The number of aromatic nitrogens is 3. The van der Waals surface area contributed by atoms with Crippen LogP contribution in [-0.2, 0) is 10.0 Å². The zero-order chi connectivity index (χ0) is 14.0. The average molecular weight is 303 g/mol. The maximum Gasteiger partial charge on any atom is 0.325 e. The number of aromatic amines is 2. The number of sulfonamides is 1. The van der Waals surface area contributed by atoms with Crippen molar-refractivity contribution in [3.63, 3.8) is 0 Å². The number of rotatable bonds is 3. The first kappa shape index (κ1) is 13.3. The first-order valence-electron chi connectivity index (χ1n) is 4.85. The van der Waals surface area contributed by atoms with E-state index in [1.54, 1.807) is 0 Å². The highest BCUT2D eigenvalue weighted by molar-refractivity contribution is 7.92. The summed E-state index contributed by atoms with van der Waals surface area (Å²) in [4.78, 5) is 29.2. The molecule has 2 heterocycles. The van der Waals surface area contributed by atoms with Gasteiger partial charge >= 0.3 is 5.69 Å². The Labute approximate surface area is 111 Å². The van der Waals surface area contributed by atoms with Crippen molar-refractivity contribution in [2.24, 2.45) is 0 Å². The third kappa shape index (κ3) is 3.01. The van der Waals surface area contributed by atoms with E-state index in [-0.39, 0.29) is 10.8 Å². The second kappa shape index (κ2) is 4.86. The maximum absolute atomic E-state index is 11.9. The predicted molar refractivity (Wildman–Crippen MR) is 67.7 cm³/mol. The van der Waals surface area contributed by atoms with Crippen molar-refractivity contribution in [3.8, 4) is 0 Å². The van der Waals surface area contributed by atoms with Crippen LogP contribution in [0.15, 0.2) is 39.0 Å². The minimum absolute atomic E-state index is 0.0931. The summed E-state index contributed by atoms with van der Waals surface area (Å²) in [6, 6.07) is 2.64. The molecule has 3 N–H and O–H groups in total. The number of H-pyrrole nitrogens is 2. The highest BCUT2D eigenvalue weighted by Gasteiger charge is 2.19. The van der Waals surface area contributed by atoms with Gasteiger partial charge in [0.05, 0.1) is 5.69 Å². The molecule has 100 valence electrons. The molecule has 19 heavy (non-hydrogen) atoms. The van der Waals surface area contributed by atoms with E-state index in [4.69, 9.17) is 11.6 Å². The zero-order valence-electron chi connectivity index (χ0n) is 9.18. The van der Waals surface area contributed by atoms with E-state index in [0.717, 1.165) is 6.20 Å². The molecule has 10 heteroatoms. The van der Waals surface area contributed by atoms with Crippen LogP contribution in [0.3, 0.4) is 0 Å². The molecule has 8 nitrogen and oxygen atoms in total. The summed E-state index contributed by atoms with van der Waals surface area (Å²) >= 11 is 5.61. The number of halogens is 1. The van der Waals surface area contributed by atoms with Crippen molar-refractivity contribution in [3.05, 3.63) is 50.5 Å². The van der Waals surface area contributed by atoms with Crippen LogP contribution in [0.5, 0.6) is 0 Å². The Morgan fingerprint density at radius 3 is 2.68 bits per heavy atom. The molecule has 0 saturated carbocycles. The molecule has 2 aromatic heterocycles. The Kier molecular flexibility index (Phi) is 3.40. The van der Waals surface area contributed by atoms with Crippen LogP contribution in [0.2, 0.25) is 5.15 Å². The minimum Gasteiger partial charge on any atom is -0.313 e. The Bertz CT molecular complexity index is 826. The van der Waals surface area contributed by atoms with Crippen LogP contribution in [0.1, 0.15) is 0 Å². The first-order valence-corrected chi connectivity index (χ1v) is 6.71. The lowest BCUT2D eigenvalue weighted by atomic mass is 10.4. The third-order valence-electron chi connectivity index (χ3n) is 2.05. The summed E-state index contributed by atoms with van der Waals surface area (Å²) in [6.45, 7) is 0. The fourth-order valence-electron chi connectivity index (χ4n) is 1.27. The summed E-state index contributed by atoms with van der Waals surface area (Å²) in [6.07, 6.45) is 2.11. The van der Waals surface area contributed by atoms with E-state index >= 15 is 0 Å². The Balaban J connectivity index is 2.43. The molecule has 0 aromatic carbocycles. The number of anilines is 1. The molecule has 0 atom stereocenters. The maximum atomic E-state index is 11.9. The fourth-order valence-corrected chi connectivity index (χ4v) is 2.50. The van der Waals surface area contributed by atoms with Crippen LogP contribution < -0.4 is 16.0 Å². The summed E-state index contributed by atoms with van der Waals surface area (Å²) in [5.74, 6) is 0. The monoisotopic (exact) mass is 302 g/mol. The van der Waals surface area contributed by atoms with Gasteiger partial charge in [-0.2, -0.15) is 0 Å². The van der Waals surface area contributed by atoms with Gasteiger partial charge in [-0.15, -0.1) is 0 Å². The number of hydrogen-bond donors (Lipinski definition) is 3. The zero-order valence-corrected chi connectivity index (χ0v) is 10.7. The van der Waals surface area contributed by atoms with E-state index in [1.165, 1.54) is 18.3 Å². The molecule has 0 aliphatic heterocycles. The predicted octanol–water partition coefficient (Wildman–Crippen LogP) is -0.0876. The Morgan fingerprint density at radius 1 is 1.32 bits per heavy atom. The van der Waals surface area contributed by atoms with E-state index < -0.39 is 26.2 Å². The number of nitrogens with zero attached hydrogens (tertiary/aromatic N) is 1. The lowest BCUT2D eigenvalue weighted by Gasteiger charge is -2.06. The van der Waals surface area contributed by atoms with Crippen molar-refractivity contribution in [2.75, 3.05) is 4.72 Å². The van der Waals surface area contributed by atoms with E-state index in [9.17, 15) is 18.0 Å². The van der Waals surface area contributed by atoms with Gasteiger partial charge < -0.3 is 4.98 Å². The van der Waals surface area contributed by atoms with Crippen LogP contribution in [0, 0.1) is 0 Å². The van der Waals surface area contributed by atoms with Gasteiger partial charge in [0.25, 0.3) is 15.6 Å². The van der Waals surface area contributed by atoms with Crippen LogP contribution in [0.4, 0.5) is 5.69 Å². The summed E-state index contributed by atoms with van der Waals surface area (Å²) in [5, 5.41) is 0.0931. The minimum atomic E-state index is -4.13. The van der Waals surface area contributed by atoms with E-state index in [2.05, 4.69) is 14.7 Å². The second-order valence-electron chi connectivity index (χ2n) is 3.41. The molecule has 0 amide bonds. The van der Waals surface area contributed by atoms with Gasteiger partial charge in [0.2, 0.25) is 0 Å². The van der Waals surface area contributed by atoms with Gasteiger partial charge in [-0.25, -0.2) is 18.2 Å². The van der Waals surface area contributed by atoms with Crippen molar-refractivity contribution < 1.29 is 8.42 Å². The van der Waals surface area contributed by atoms with E-state index in [1.807, 2.05) is 4.98 Å². The molecule has 0 bridgehead atoms. The molecule has 2 rings (SSSR count). The molecular formula is C9H7ClN4O4S. The fraction of sp³-hybridized carbons (Fsp3) is 0. The average Bonchev–Trinajstić information content (AvgIpc) is 2.27. The first-order chi connectivity index (χ1) is 8.88. The molecule has 0 saturated heterocycles. The molecular weight excluding hydrogens is 296 g/mol. The SMILES string of the molecule is O=c1[nH]cc(S(=O)(=O)Nc2ccnc(Cl)c2)c(=O)[nH]1. The molecule has 0 radical (unpaired) electrons. The summed E-state index contributed by atoms with van der Waals surface area (Å²) in [5.41, 5.74) is -1.67. The van der Waals surface area contributed by atoms with Gasteiger partial charge in [-0.1, -0.05) is 11.6 Å². The highest BCUT2D eigenvalue weighted by atomic mass is 35.5. The number of nitrogens with one attached hydrogen (secondary N) is 3. The molecule has 0 spiro atoms. The number of pyridine rings is 1. The molecule has 0 aliphatic carbocycles. The summed E-state index contributed by atoms with van der Waals surface area (Å²) < 4.78 is 26.0. The van der Waals surface area contributed by atoms with Gasteiger partial charge in [0.1, 0.15) is 5.15 Å². The standard InChI is InChI=1S/C9H7ClN4O4S/c10-7-3-5(1-2-11-7)14-19(17,18)6-4-12-9(16)13-8(6)15/h1-4H,(H,11,14)(H2,12,13,15,16). The smallest absolute Gasteiger partial charge is 0.313 e. The molecule has 2 aromatic rings. The van der Waals surface area contributed by atoms with Gasteiger partial charge in [0, 0.05) is 12.4 Å². The third-order valence-corrected chi connectivity index (χ3v) is 3.65. The van der Waals surface area contributed by atoms with E-state index in [0.29, 0.717) is 0 Å². The van der Waals surface area contributed by atoms with Crippen molar-refractivity contribution in [2.45, 2.75) is 4.90 Å².